The van der Waals surface area contributed by atoms with E-state index in [-0.39, 0.29) is 16.8 Å². The number of piperidine rings is 1. The van der Waals surface area contributed by atoms with Gasteiger partial charge in [0, 0.05) is 42.4 Å². The summed E-state index contributed by atoms with van der Waals surface area (Å²) in [6, 6.07) is 14.5. The van der Waals surface area contributed by atoms with Gasteiger partial charge in [0.2, 0.25) is 5.91 Å². The number of nitrogens with one attached hydrogen (secondary N) is 1. The van der Waals surface area contributed by atoms with E-state index in [4.69, 9.17) is 21.7 Å². The molecule has 1 saturated heterocycles. The molecule has 0 saturated carbocycles. The smallest absolute Gasteiger partial charge is 0.227 e. The minimum absolute atomic E-state index is 0.0922. The minimum atomic E-state index is -0.431. The van der Waals surface area contributed by atoms with E-state index in [1.807, 2.05) is 23.6 Å². The van der Waals surface area contributed by atoms with Crippen molar-refractivity contribution in [2.75, 3.05) is 23.3 Å². The summed E-state index contributed by atoms with van der Waals surface area (Å²) in [5.74, 6) is 0.308. The summed E-state index contributed by atoms with van der Waals surface area (Å²) in [4.78, 5) is 19.8. The van der Waals surface area contributed by atoms with E-state index >= 15 is 0 Å². The van der Waals surface area contributed by atoms with Gasteiger partial charge in [0.1, 0.15) is 11.6 Å². The highest BCUT2D eigenvalue weighted by atomic mass is 35.5. The zero-order valence-corrected chi connectivity index (χ0v) is 20.7. The number of aryl methyl sites for hydroxylation is 3. The molecule has 1 amide bonds. The first-order chi connectivity index (χ1) is 16.8. The molecule has 0 aliphatic carbocycles. The van der Waals surface area contributed by atoms with E-state index in [9.17, 15) is 9.18 Å². The molecule has 0 radical (unpaired) electrons. The Morgan fingerprint density at radius 3 is 2.43 bits per heavy atom. The van der Waals surface area contributed by atoms with E-state index in [1.165, 1.54) is 29.3 Å². The Morgan fingerprint density at radius 2 is 1.74 bits per heavy atom. The molecule has 1 aliphatic heterocycles. The maximum absolute atomic E-state index is 13.3. The quantitative estimate of drug-likeness (QED) is 0.382. The van der Waals surface area contributed by atoms with Crippen molar-refractivity contribution in [1.82, 2.24) is 14.6 Å². The molecule has 0 atom stereocenters. The highest BCUT2D eigenvalue weighted by Gasteiger charge is 2.27. The summed E-state index contributed by atoms with van der Waals surface area (Å²) in [5, 5.41) is 7.94. The van der Waals surface area contributed by atoms with Gasteiger partial charge < -0.3 is 10.2 Å². The third kappa shape index (κ3) is 4.86. The van der Waals surface area contributed by atoms with Gasteiger partial charge in [0.05, 0.1) is 16.4 Å². The average Bonchev–Trinajstić information content (AvgIpc) is 3.24. The molecule has 3 heterocycles. The van der Waals surface area contributed by atoms with Crippen LogP contribution in [-0.4, -0.2) is 33.6 Å². The fourth-order valence-electron chi connectivity index (χ4n) is 4.77. The number of hydrogen-bond acceptors (Lipinski definition) is 4. The highest BCUT2D eigenvalue weighted by molar-refractivity contribution is 6.33. The normalized spacial score (nSPS) is 14.5. The van der Waals surface area contributed by atoms with Crippen molar-refractivity contribution in [1.29, 1.82) is 0 Å². The van der Waals surface area contributed by atoms with Gasteiger partial charge in [-0.2, -0.15) is 9.61 Å². The van der Waals surface area contributed by atoms with Crippen LogP contribution in [0, 0.1) is 32.5 Å². The van der Waals surface area contributed by atoms with E-state index < -0.39 is 5.82 Å². The van der Waals surface area contributed by atoms with Crippen molar-refractivity contribution >= 4 is 34.7 Å². The molecule has 1 N–H and O–H groups in total. The monoisotopic (exact) mass is 491 g/mol. The number of benzene rings is 2. The SMILES string of the molecule is Cc1cc(C)cc(-c2cc3nc(C)cc(N4CCC(C(=O)Nc5ccc(F)cc5Cl)CC4)n3n2)c1. The molecule has 180 valence electrons. The van der Waals surface area contributed by atoms with Gasteiger partial charge in [-0.3, -0.25) is 4.79 Å². The van der Waals surface area contributed by atoms with Crippen LogP contribution in [0.1, 0.15) is 29.7 Å². The molecular formula is C27H27ClFN5O. The van der Waals surface area contributed by atoms with E-state index in [1.54, 1.807) is 0 Å². The Labute approximate surface area is 208 Å². The fraction of sp³-hybridized carbons (Fsp3) is 0.296. The van der Waals surface area contributed by atoms with Crippen molar-refractivity contribution in [3.8, 4) is 11.3 Å². The van der Waals surface area contributed by atoms with Gasteiger partial charge in [-0.15, -0.1) is 0 Å². The molecule has 35 heavy (non-hydrogen) atoms. The molecule has 0 unspecified atom stereocenters. The Balaban J connectivity index is 1.35. The number of nitrogens with zero attached hydrogens (tertiary/aromatic N) is 4. The van der Waals surface area contributed by atoms with Gasteiger partial charge >= 0.3 is 0 Å². The molecule has 6 nitrogen and oxygen atoms in total. The average molecular weight is 492 g/mol. The summed E-state index contributed by atoms with van der Waals surface area (Å²) < 4.78 is 15.2. The van der Waals surface area contributed by atoms with Crippen LogP contribution in [0.3, 0.4) is 0 Å². The second-order valence-electron chi connectivity index (χ2n) is 9.31. The Bertz CT molecular complexity index is 1400. The predicted molar refractivity (Wildman–Crippen MR) is 138 cm³/mol. The minimum Gasteiger partial charge on any atom is -0.356 e. The number of hydrogen-bond donors (Lipinski definition) is 1. The second-order valence-corrected chi connectivity index (χ2v) is 9.71. The van der Waals surface area contributed by atoms with E-state index in [2.05, 4.69) is 42.3 Å². The molecule has 8 heteroatoms. The third-order valence-electron chi connectivity index (χ3n) is 6.43. The lowest BCUT2D eigenvalue weighted by Gasteiger charge is -2.33. The number of carbonyl (C=O) groups is 1. The first-order valence-electron chi connectivity index (χ1n) is 11.7. The summed E-state index contributed by atoms with van der Waals surface area (Å²) in [7, 11) is 0. The Kier molecular flexibility index (Phi) is 6.19. The van der Waals surface area contributed by atoms with Crippen LogP contribution in [-0.2, 0) is 4.79 Å². The maximum Gasteiger partial charge on any atom is 0.227 e. The number of anilines is 2. The molecule has 2 aromatic heterocycles. The first kappa shape index (κ1) is 23.3. The highest BCUT2D eigenvalue weighted by Crippen LogP contribution is 2.29. The number of rotatable bonds is 4. The number of fused-ring (bicyclic) bond motifs is 1. The van der Waals surface area contributed by atoms with Gasteiger partial charge in [0.15, 0.2) is 5.65 Å². The molecule has 1 fully saturated rings. The summed E-state index contributed by atoms with van der Waals surface area (Å²) in [6.45, 7) is 7.59. The van der Waals surface area contributed by atoms with Crippen LogP contribution in [0.25, 0.3) is 16.9 Å². The molecule has 1 aliphatic rings. The topological polar surface area (TPSA) is 62.5 Å². The van der Waals surface area contributed by atoms with Crippen LogP contribution in [0.2, 0.25) is 5.02 Å². The third-order valence-corrected chi connectivity index (χ3v) is 6.75. The number of aromatic nitrogens is 3. The zero-order valence-electron chi connectivity index (χ0n) is 20.0. The zero-order chi connectivity index (χ0) is 24.7. The Morgan fingerprint density at radius 1 is 1.03 bits per heavy atom. The molecule has 5 rings (SSSR count). The lowest BCUT2D eigenvalue weighted by atomic mass is 9.95. The fourth-order valence-corrected chi connectivity index (χ4v) is 4.98. The van der Waals surface area contributed by atoms with Crippen LogP contribution < -0.4 is 10.2 Å². The number of halogens is 2. The largest absolute Gasteiger partial charge is 0.356 e. The van der Waals surface area contributed by atoms with E-state index in [0.29, 0.717) is 31.6 Å². The maximum atomic E-state index is 13.3. The number of amides is 1. The van der Waals surface area contributed by atoms with Crippen molar-refractivity contribution in [3.05, 3.63) is 76.2 Å². The van der Waals surface area contributed by atoms with Crippen LogP contribution in [0.5, 0.6) is 0 Å². The second kappa shape index (κ2) is 9.30. The molecule has 0 bridgehead atoms. The van der Waals surface area contributed by atoms with Gasteiger partial charge in [-0.1, -0.05) is 28.8 Å². The van der Waals surface area contributed by atoms with Gasteiger partial charge in [0.25, 0.3) is 0 Å². The lowest BCUT2D eigenvalue weighted by Crippen LogP contribution is -2.39. The molecule has 4 aromatic rings. The molecule has 2 aromatic carbocycles. The lowest BCUT2D eigenvalue weighted by molar-refractivity contribution is -0.120. The standard InChI is InChI=1S/C27H27ClFN5O/c1-16-10-17(2)12-20(11-16)24-15-25-30-18(3)13-26(34(25)32-24)33-8-6-19(7-9-33)27(35)31-23-5-4-21(29)14-22(23)28/h4-5,10-15,19H,6-9H2,1-3H3,(H,31,35). The van der Waals surface area contributed by atoms with Crippen LogP contribution in [0.15, 0.2) is 48.5 Å². The van der Waals surface area contributed by atoms with Crippen LogP contribution in [0.4, 0.5) is 15.9 Å². The summed E-state index contributed by atoms with van der Waals surface area (Å²) in [5.41, 5.74) is 6.52. The van der Waals surface area contributed by atoms with Crippen molar-refractivity contribution < 1.29 is 9.18 Å². The predicted octanol–water partition coefficient (Wildman–Crippen LogP) is 5.97. The van der Waals surface area contributed by atoms with Crippen molar-refractivity contribution in [2.45, 2.75) is 33.6 Å². The van der Waals surface area contributed by atoms with Gasteiger partial charge in [-0.05, 0) is 63.9 Å². The van der Waals surface area contributed by atoms with Crippen molar-refractivity contribution in [3.63, 3.8) is 0 Å². The van der Waals surface area contributed by atoms with Gasteiger partial charge in [-0.25, -0.2) is 9.37 Å². The number of carbonyl (C=O) groups excluding carboxylic acids is 1. The van der Waals surface area contributed by atoms with E-state index in [0.717, 1.165) is 28.4 Å². The molecular weight excluding hydrogens is 465 g/mol. The Hall–Kier alpha value is -3.45. The van der Waals surface area contributed by atoms with Crippen LogP contribution >= 0.6 is 11.6 Å². The summed E-state index contributed by atoms with van der Waals surface area (Å²) >= 11 is 6.07. The van der Waals surface area contributed by atoms with Crippen molar-refractivity contribution in [2.24, 2.45) is 5.92 Å². The summed E-state index contributed by atoms with van der Waals surface area (Å²) in [6.07, 6.45) is 1.39. The molecule has 0 spiro atoms. The first-order valence-corrected chi connectivity index (χ1v) is 12.1.